The summed E-state index contributed by atoms with van der Waals surface area (Å²) >= 11 is 0. The third-order valence-corrected chi connectivity index (χ3v) is 6.35. The van der Waals surface area contributed by atoms with Gasteiger partial charge in [0, 0.05) is 13.1 Å². The number of hydrogen-bond donors (Lipinski definition) is 1. The Morgan fingerprint density at radius 1 is 0.947 bits per heavy atom. The molecule has 10 nitrogen and oxygen atoms in total. The molecule has 0 spiro atoms. The molecule has 2 aromatic rings. The molecule has 0 radical (unpaired) electrons. The van der Waals surface area contributed by atoms with E-state index in [-0.39, 0.29) is 28.2 Å². The predicted octanol–water partition coefficient (Wildman–Crippen LogP) is 3.22. The molecule has 38 heavy (non-hydrogen) atoms. The maximum atomic E-state index is 13.4. The normalized spacial score (nSPS) is 15.1. The van der Waals surface area contributed by atoms with Gasteiger partial charge in [-0.2, -0.15) is 5.26 Å². The fourth-order valence-electron chi connectivity index (χ4n) is 4.54. The first-order valence-electron chi connectivity index (χ1n) is 11.9. The summed E-state index contributed by atoms with van der Waals surface area (Å²) in [6, 6.07) is 15.6. The van der Waals surface area contributed by atoms with Crippen molar-refractivity contribution in [2.45, 2.75) is 19.8 Å². The molecule has 1 heterocycles. The Morgan fingerprint density at radius 2 is 1.55 bits per heavy atom. The number of hydrogen-bond acceptors (Lipinski definition) is 10. The number of esters is 3. The summed E-state index contributed by atoms with van der Waals surface area (Å²) in [5.74, 6) is -3.26. The molecule has 1 unspecified atom stereocenters. The van der Waals surface area contributed by atoms with Gasteiger partial charge in [0.2, 0.25) is 0 Å². The number of methoxy groups -OCH3 is 3. The number of rotatable bonds is 8. The average molecular weight is 519 g/mol. The van der Waals surface area contributed by atoms with Gasteiger partial charge in [-0.05, 0) is 37.6 Å². The van der Waals surface area contributed by atoms with E-state index in [2.05, 4.69) is 6.07 Å². The Morgan fingerprint density at radius 3 is 2.08 bits per heavy atom. The van der Waals surface area contributed by atoms with Crippen molar-refractivity contribution in [1.82, 2.24) is 0 Å². The van der Waals surface area contributed by atoms with Gasteiger partial charge in [-0.25, -0.2) is 14.4 Å². The molecule has 0 saturated heterocycles. The van der Waals surface area contributed by atoms with Gasteiger partial charge in [0.15, 0.2) is 0 Å². The van der Waals surface area contributed by atoms with Gasteiger partial charge in [0.1, 0.15) is 11.5 Å². The second-order valence-corrected chi connectivity index (χ2v) is 8.20. The van der Waals surface area contributed by atoms with E-state index in [1.165, 1.54) is 32.3 Å². The second-order valence-electron chi connectivity index (χ2n) is 8.20. The second kappa shape index (κ2) is 12.0. The fraction of sp³-hybridized carbons (Fsp3) is 0.286. The van der Waals surface area contributed by atoms with Crippen molar-refractivity contribution >= 4 is 29.3 Å². The molecule has 3 rings (SSSR count). The lowest BCUT2D eigenvalue weighted by Gasteiger charge is -2.38. The highest BCUT2D eigenvalue weighted by atomic mass is 16.5. The minimum Gasteiger partial charge on any atom is -0.466 e. The molecule has 0 amide bonds. The van der Waals surface area contributed by atoms with Gasteiger partial charge < -0.3 is 24.8 Å². The molecular weight excluding hydrogens is 488 g/mol. The molecule has 1 aliphatic rings. The Hall–Kier alpha value is -4.78. The van der Waals surface area contributed by atoms with Crippen LogP contribution in [0.2, 0.25) is 0 Å². The molecular formula is C28H30N4O6. The number of nitrogens with zero attached hydrogens (tertiary/aromatic N) is 3. The largest absolute Gasteiger partial charge is 0.466 e. The number of ether oxygens (including phenoxy) is 3. The standard InChI is InChI=1S/C28H30N4O6/c1-6-31(7-2)21-15-18(26(33)36-3)13-14-20(21)32-24(28(35)38-5)23(27(34)37-4)22(19(16-29)25(32)30)17-11-9-8-10-12-17/h8-15,22H,6-7,30H2,1-5H3. The van der Waals surface area contributed by atoms with Crippen LogP contribution < -0.4 is 15.5 Å². The summed E-state index contributed by atoms with van der Waals surface area (Å²) in [5, 5.41) is 10.3. The Labute approximate surface area is 221 Å². The van der Waals surface area contributed by atoms with Crippen LogP contribution >= 0.6 is 0 Å². The number of allylic oxidation sites excluding steroid dienone is 1. The lowest BCUT2D eigenvalue weighted by atomic mass is 9.81. The summed E-state index contributed by atoms with van der Waals surface area (Å²) in [6.45, 7) is 4.95. The van der Waals surface area contributed by atoms with E-state index in [4.69, 9.17) is 19.9 Å². The number of carbonyl (C=O) groups is 3. The molecule has 2 aromatic carbocycles. The summed E-state index contributed by atoms with van der Waals surface area (Å²) in [4.78, 5) is 42.2. The number of nitriles is 1. The zero-order chi connectivity index (χ0) is 28.0. The van der Waals surface area contributed by atoms with Crippen LogP contribution in [-0.2, 0) is 23.8 Å². The van der Waals surface area contributed by atoms with Crippen molar-refractivity contribution in [3.8, 4) is 6.07 Å². The zero-order valence-corrected chi connectivity index (χ0v) is 22.0. The first-order valence-corrected chi connectivity index (χ1v) is 11.9. The quantitative estimate of drug-likeness (QED) is 0.410. The molecule has 0 aliphatic carbocycles. The highest BCUT2D eigenvalue weighted by molar-refractivity contribution is 6.07. The van der Waals surface area contributed by atoms with Crippen LogP contribution in [0.5, 0.6) is 0 Å². The Balaban J connectivity index is 2.47. The summed E-state index contributed by atoms with van der Waals surface area (Å²) < 4.78 is 15.1. The third-order valence-electron chi connectivity index (χ3n) is 6.35. The van der Waals surface area contributed by atoms with Gasteiger partial charge in [-0.3, -0.25) is 4.90 Å². The molecule has 1 atom stereocenters. The van der Waals surface area contributed by atoms with Crippen molar-refractivity contribution in [2.24, 2.45) is 5.73 Å². The van der Waals surface area contributed by atoms with E-state index < -0.39 is 23.8 Å². The minimum atomic E-state index is -0.981. The van der Waals surface area contributed by atoms with Crippen LogP contribution in [0.3, 0.4) is 0 Å². The highest BCUT2D eigenvalue weighted by Gasteiger charge is 2.43. The van der Waals surface area contributed by atoms with Gasteiger partial charge in [-0.1, -0.05) is 30.3 Å². The van der Waals surface area contributed by atoms with Crippen molar-refractivity contribution in [2.75, 3.05) is 44.2 Å². The minimum absolute atomic E-state index is 0.0480. The van der Waals surface area contributed by atoms with Crippen LogP contribution in [0.25, 0.3) is 0 Å². The van der Waals surface area contributed by atoms with Gasteiger partial charge in [0.05, 0.1) is 61.4 Å². The van der Waals surface area contributed by atoms with Gasteiger partial charge in [-0.15, -0.1) is 0 Å². The molecule has 1 aliphatic heterocycles. The SMILES string of the molecule is CCN(CC)c1cc(C(=O)OC)ccc1N1C(N)=C(C#N)C(c2ccccc2)C(C(=O)OC)=C1C(=O)OC. The summed E-state index contributed by atoms with van der Waals surface area (Å²) in [5.41, 5.74) is 8.13. The van der Waals surface area contributed by atoms with E-state index >= 15 is 0 Å². The van der Waals surface area contributed by atoms with E-state index in [1.807, 2.05) is 18.7 Å². The van der Waals surface area contributed by atoms with Crippen LogP contribution in [-0.4, -0.2) is 52.3 Å². The first kappa shape index (κ1) is 27.8. The van der Waals surface area contributed by atoms with Gasteiger partial charge in [0.25, 0.3) is 0 Å². The molecule has 198 valence electrons. The molecule has 0 aromatic heterocycles. The van der Waals surface area contributed by atoms with Crippen molar-refractivity contribution < 1.29 is 28.6 Å². The van der Waals surface area contributed by atoms with E-state index in [0.717, 1.165) is 0 Å². The van der Waals surface area contributed by atoms with Crippen molar-refractivity contribution in [3.05, 3.63) is 82.3 Å². The van der Waals surface area contributed by atoms with Gasteiger partial charge >= 0.3 is 17.9 Å². The lowest BCUT2D eigenvalue weighted by Crippen LogP contribution is -2.41. The molecule has 0 saturated carbocycles. The number of carbonyl (C=O) groups excluding carboxylic acids is 3. The van der Waals surface area contributed by atoms with E-state index in [1.54, 1.807) is 42.5 Å². The Bertz CT molecular complexity index is 1340. The highest BCUT2D eigenvalue weighted by Crippen LogP contribution is 2.45. The zero-order valence-electron chi connectivity index (χ0n) is 22.0. The fourth-order valence-corrected chi connectivity index (χ4v) is 4.54. The summed E-state index contributed by atoms with van der Waals surface area (Å²) in [7, 11) is 3.66. The maximum Gasteiger partial charge on any atom is 0.355 e. The van der Waals surface area contributed by atoms with Crippen LogP contribution in [0, 0.1) is 11.3 Å². The Kier molecular flexibility index (Phi) is 8.76. The topological polar surface area (TPSA) is 135 Å². The van der Waals surface area contributed by atoms with Crippen molar-refractivity contribution in [1.29, 1.82) is 5.26 Å². The lowest BCUT2D eigenvalue weighted by molar-refractivity contribution is -0.139. The van der Waals surface area contributed by atoms with E-state index in [9.17, 15) is 19.6 Å². The smallest absolute Gasteiger partial charge is 0.355 e. The van der Waals surface area contributed by atoms with Crippen LogP contribution in [0.1, 0.15) is 35.7 Å². The number of anilines is 2. The number of nitrogens with two attached hydrogens (primary N) is 1. The molecule has 0 fully saturated rings. The predicted molar refractivity (Wildman–Crippen MR) is 141 cm³/mol. The van der Waals surface area contributed by atoms with Crippen LogP contribution in [0.15, 0.2) is 71.2 Å². The van der Waals surface area contributed by atoms with E-state index in [0.29, 0.717) is 30.0 Å². The molecule has 10 heteroatoms. The maximum absolute atomic E-state index is 13.4. The number of benzene rings is 2. The van der Waals surface area contributed by atoms with Crippen LogP contribution in [0.4, 0.5) is 11.4 Å². The summed E-state index contributed by atoms with van der Waals surface area (Å²) in [6.07, 6.45) is 0. The molecule has 0 bridgehead atoms. The monoisotopic (exact) mass is 518 g/mol. The average Bonchev–Trinajstić information content (AvgIpc) is 2.96. The first-order chi connectivity index (χ1) is 18.3. The third kappa shape index (κ3) is 4.91. The van der Waals surface area contributed by atoms with Crippen molar-refractivity contribution in [3.63, 3.8) is 0 Å². The molecule has 2 N–H and O–H groups in total.